The fourth-order valence-corrected chi connectivity index (χ4v) is 5.80. The van der Waals surface area contributed by atoms with Crippen LogP contribution in [0.25, 0.3) is 0 Å². The van der Waals surface area contributed by atoms with E-state index in [2.05, 4.69) is 72.0 Å². The molecular weight excluding hydrogens is 424 g/mol. The molecule has 0 N–H and O–H groups in total. The van der Waals surface area contributed by atoms with Gasteiger partial charge in [-0.2, -0.15) is 5.10 Å². The summed E-state index contributed by atoms with van der Waals surface area (Å²) in [5, 5.41) is 7.38. The highest BCUT2D eigenvalue weighted by Gasteiger charge is 2.54. The molecule has 0 radical (unpaired) electrons. The number of hydrogen-bond donors (Lipinski definition) is 0. The first-order chi connectivity index (χ1) is 12.9. The maximum absolute atomic E-state index is 6.68. The van der Waals surface area contributed by atoms with Crippen LogP contribution < -0.4 is 4.74 Å². The van der Waals surface area contributed by atoms with E-state index in [0.717, 1.165) is 35.2 Å². The van der Waals surface area contributed by atoms with Crippen molar-refractivity contribution in [2.45, 2.75) is 57.4 Å². The molecule has 5 rings (SSSR count). The quantitative estimate of drug-likeness (QED) is 0.567. The number of benzene rings is 1. The average molecular weight is 447 g/mol. The number of hydrogen-bond acceptors (Lipinski definition) is 5. The molecule has 142 valence electrons. The summed E-state index contributed by atoms with van der Waals surface area (Å²) in [4.78, 5) is 2.58. The Kier molecular flexibility index (Phi) is 3.98. The van der Waals surface area contributed by atoms with Crippen molar-refractivity contribution >= 4 is 33.0 Å². The van der Waals surface area contributed by atoms with Crippen molar-refractivity contribution in [3.8, 4) is 5.75 Å². The van der Waals surface area contributed by atoms with Gasteiger partial charge < -0.3 is 9.47 Å². The summed E-state index contributed by atoms with van der Waals surface area (Å²) < 4.78 is 13.8. The Morgan fingerprint density at radius 1 is 1.26 bits per heavy atom. The van der Waals surface area contributed by atoms with Gasteiger partial charge >= 0.3 is 0 Å². The standard InChI is InChI=1S/C21H23BrN2O2S/c1-13-4-7-19(27-13)16-11-17-15-10-14(22)5-6-18(15)26-21(24(17)23-16)8-9-25-20(2,3)12-21/h4-7,10,17H,8-9,11-12H2,1-3H3. The fourth-order valence-electron chi connectivity index (χ4n) is 4.56. The van der Waals surface area contributed by atoms with Crippen LogP contribution in [-0.2, 0) is 4.74 Å². The molecule has 0 amide bonds. The zero-order chi connectivity index (χ0) is 18.8. The number of fused-ring (bicyclic) bond motifs is 4. The Hall–Kier alpha value is -1.37. The topological polar surface area (TPSA) is 34.1 Å². The lowest BCUT2D eigenvalue weighted by molar-refractivity contribution is -0.212. The van der Waals surface area contributed by atoms with Gasteiger partial charge in [0.2, 0.25) is 5.72 Å². The third kappa shape index (κ3) is 2.93. The van der Waals surface area contributed by atoms with Crippen LogP contribution in [-0.4, -0.2) is 28.7 Å². The molecule has 2 unspecified atom stereocenters. The van der Waals surface area contributed by atoms with Crippen LogP contribution in [0.1, 0.15) is 54.5 Å². The SMILES string of the molecule is Cc1ccc(C2=NN3C(C2)c2cc(Br)ccc2OC32CCOC(C)(C)C2)s1. The summed E-state index contributed by atoms with van der Waals surface area (Å²) in [6.45, 7) is 7.12. The van der Waals surface area contributed by atoms with E-state index in [1.807, 2.05) is 11.3 Å². The monoisotopic (exact) mass is 446 g/mol. The Balaban J connectivity index is 1.62. The lowest BCUT2D eigenvalue weighted by Gasteiger charge is -2.52. The molecule has 1 saturated heterocycles. The lowest BCUT2D eigenvalue weighted by Crippen LogP contribution is -2.60. The Morgan fingerprint density at radius 2 is 2.11 bits per heavy atom. The number of nitrogens with zero attached hydrogens (tertiary/aromatic N) is 2. The predicted molar refractivity (Wildman–Crippen MR) is 112 cm³/mol. The summed E-state index contributed by atoms with van der Waals surface area (Å²) in [5.41, 5.74) is 1.71. The summed E-state index contributed by atoms with van der Waals surface area (Å²) >= 11 is 5.44. The van der Waals surface area contributed by atoms with E-state index < -0.39 is 5.72 Å². The molecule has 4 nitrogen and oxygen atoms in total. The normalized spacial score (nSPS) is 28.5. The third-order valence-corrected chi connectivity index (χ3v) is 7.21. The molecule has 0 bridgehead atoms. The van der Waals surface area contributed by atoms with E-state index in [0.29, 0.717) is 6.61 Å². The molecular formula is C21H23BrN2O2S. The highest BCUT2D eigenvalue weighted by atomic mass is 79.9. The Morgan fingerprint density at radius 3 is 2.85 bits per heavy atom. The molecule has 1 fully saturated rings. The first-order valence-electron chi connectivity index (χ1n) is 9.41. The van der Waals surface area contributed by atoms with Crippen molar-refractivity contribution in [3.63, 3.8) is 0 Å². The molecule has 0 aliphatic carbocycles. The Labute approximate surface area is 172 Å². The average Bonchev–Trinajstić information content (AvgIpc) is 3.22. The molecule has 2 aromatic rings. The van der Waals surface area contributed by atoms with Crippen molar-refractivity contribution in [1.82, 2.24) is 5.01 Å². The van der Waals surface area contributed by atoms with Crippen molar-refractivity contribution in [2.75, 3.05) is 6.61 Å². The second kappa shape index (κ2) is 6.06. The number of hydrazone groups is 1. The summed E-state index contributed by atoms with van der Waals surface area (Å²) in [6.07, 6.45) is 2.53. The second-order valence-corrected chi connectivity index (χ2v) is 10.5. The van der Waals surface area contributed by atoms with E-state index >= 15 is 0 Å². The van der Waals surface area contributed by atoms with Crippen molar-refractivity contribution in [1.29, 1.82) is 0 Å². The van der Waals surface area contributed by atoms with Crippen molar-refractivity contribution < 1.29 is 9.47 Å². The van der Waals surface area contributed by atoms with Crippen LogP contribution in [0, 0.1) is 6.92 Å². The smallest absolute Gasteiger partial charge is 0.203 e. The molecule has 1 aromatic heterocycles. The molecule has 2 atom stereocenters. The maximum Gasteiger partial charge on any atom is 0.203 e. The minimum Gasteiger partial charge on any atom is -0.466 e. The summed E-state index contributed by atoms with van der Waals surface area (Å²) in [6, 6.07) is 10.9. The summed E-state index contributed by atoms with van der Waals surface area (Å²) in [5.74, 6) is 0.982. The molecule has 3 aliphatic rings. The maximum atomic E-state index is 6.68. The first-order valence-corrected chi connectivity index (χ1v) is 11.0. The minimum atomic E-state index is -0.443. The number of halogens is 1. The van der Waals surface area contributed by atoms with Gasteiger partial charge in [0.05, 0.1) is 28.8 Å². The summed E-state index contributed by atoms with van der Waals surface area (Å²) in [7, 11) is 0. The van der Waals surface area contributed by atoms with Gasteiger partial charge in [-0.25, -0.2) is 5.01 Å². The zero-order valence-electron chi connectivity index (χ0n) is 15.8. The predicted octanol–water partition coefficient (Wildman–Crippen LogP) is 5.65. The van der Waals surface area contributed by atoms with E-state index in [9.17, 15) is 0 Å². The largest absolute Gasteiger partial charge is 0.466 e. The minimum absolute atomic E-state index is 0.206. The van der Waals surface area contributed by atoms with Gasteiger partial charge in [-0.05, 0) is 51.1 Å². The van der Waals surface area contributed by atoms with Crippen molar-refractivity contribution in [3.05, 3.63) is 50.1 Å². The van der Waals surface area contributed by atoms with Crippen LogP contribution in [0.5, 0.6) is 5.75 Å². The van der Waals surface area contributed by atoms with E-state index in [1.165, 1.54) is 15.3 Å². The van der Waals surface area contributed by atoms with Gasteiger partial charge in [-0.3, -0.25) is 0 Å². The van der Waals surface area contributed by atoms with E-state index in [4.69, 9.17) is 14.6 Å². The van der Waals surface area contributed by atoms with Gasteiger partial charge in [0, 0.05) is 34.2 Å². The third-order valence-electron chi connectivity index (χ3n) is 5.67. The van der Waals surface area contributed by atoms with E-state index in [-0.39, 0.29) is 11.6 Å². The van der Waals surface area contributed by atoms with Crippen LogP contribution in [0.15, 0.2) is 39.9 Å². The van der Waals surface area contributed by atoms with Crippen LogP contribution in [0.3, 0.4) is 0 Å². The molecule has 4 heterocycles. The highest BCUT2D eigenvalue weighted by molar-refractivity contribution is 9.10. The number of ether oxygens (including phenoxy) is 2. The van der Waals surface area contributed by atoms with Gasteiger partial charge in [0.15, 0.2) is 0 Å². The fraction of sp³-hybridized carbons (Fsp3) is 0.476. The van der Waals surface area contributed by atoms with Crippen LogP contribution in [0.2, 0.25) is 0 Å². The van der Waals surface area contributed by atoms with Gasteiger partial charge in [0.25, 0.3) is 0 Å². The number of aryl methyl sites for hydroxylation is 1. The number of thiophene rings is 1. The zero-order valence-corrected chi connectivity index (χ0v) is 18.2. The molecule has 3 aliphatic heterocycles. The molecule has 1 aromatic carbocycles. The van der Waals surface area contributed by atoms with Crippen molar-refractivity contribution in [2.24, 2.45) is 5.10 Å². The molecule has 0 saturated carbocycles. The highest BCUT2D eigenvalue weighted by Crippen LogP contribution is 2.52. The van der Waals surface area contributed by atoms with Gasteiger partial charge in [-0.1, -0.05) is 15.9 Å². The van der Waals surface area contributed by atoms with Gasteiger partial charge in [0.1, 0.15) is 5.75 Å². The van der Waals surface area contributed by atoms with E-state index in [1.54, 1.807) is 0 Å². The second-order valence-electron chi connectivity index (χ2n) is 8.29. The first kappa shape index (κ1) is 17.7. The van der Waals surface area contributed by atoms with Gasteiger partial charge in [-0.15, -0.1) is 11.3 Å². The van der Waals surface area contributed by atoms with Crippen LogP contribution >= 0.6 is 27.3 Å². The molecule has 1 spiro atoms. The molecule has 27 heavy (non-hydrogen) atoms. The number of rotatable bonds is 1. The molecule has 6 heteroatoms. The Bertz CT molecular complexity index is 938. The lowest BCUT2D eigenvalue weighted by atomic mass is 9.86. The van der Waals surface area contributed by atoms with Crippen LogP contribution in [0.4, 0.5) is 0 Å².